The summed E-state index contributed by atoms with van der Waals surface area (Å²) >= 11 is 0. The standard InChI is InChI=1S/C26H28F4N6O2/c1-16(2)38-25-34-20(12-21(35-25)18-13-32-24(33-14-18)26(28,29)30)15-31-23(37)22-4-3-10-36(22)11-9-17-5-7-19(27)8-6-17/h5-8,12-14,16,22H,3-4,9-11,15H2,1-2H3,(H,31,37)/t22-/m0/s1. The van der Waals surface area contributed by atoms with Gasteiger partial charge in [-0.05, 0) is 63.4 Å². The highest BCUT2D eigenvalue weighted by Crippen LogP contribution is 2.27. The summed E-state index contributed by atoms with van der Waals surface area (Å²) in [6.07, 6.45) is -0.518. The largest absolute Gasteiger partial charge is 0.461 e. The minimum atomic E-state index is -4.65. The highest BCUT2D eigenvalue weighted by molar-refractivity contribution is 5.82. The van der Waals surface area contributed by atoms with Crippen molar-refractivity contribution in [2.45, 2.75) is 58.0 Å². The first kappa shape index (κ1) is 27.4. The van der Waals surface area contributed by atoms with Crippen LogP contribution in [0.2, 0.25) is 0 Å². The van der Waals surface area contributed by atoms with Crippen molar-refractivity contribution in [2.75, 3.05) is 13.1 Å². The lowest BCUT2D eigenvalue weighted by Gasteiger charge is -2.23. The Kier molecular flexibility index (Phi) is 8.50. The van der Waals surface area contributed by atoms with E-state index in [4.69, 9.17) is 4.74 Å². The van der Waals surface area contributed by atoms with Crippen LogP contribution in [0.5, 0.6) is 6.01 Å². The highest BCUT2D eigenvalue weighted by atomic mass is 19.4. The number of carbonyl (C=O) groups is 1. The number of aromatic nitrogens is 4. The van der Waals surface area contributed by atoms with Crippen molar-refractivity contribution in [3.05, 3.63) is 65.6 Å². The van der Waals surface area contributed by atoms with Crippen molar-refractivity contribution < 1.29 is 27.1 Å². The molecule has 2 aromatic heterocycles. The first-order valence-corrected chi connectivity index (χ1v) is 12.3. The number of hydrogen-bond donors (Lipinski definition) is 1. The second kappa shape index (κ2) is 11.8. The number of likely N-dealkylation sites (tertiary alicyclic amines) is 1. The van der Waals surface area contributed by atoms with Crippen LogP contribution in [0, 0.1) is 5.82 Å². The number of halogens is 4. The summed E-state index contributed by atoms with van der Waals surface area (Å²) in [4.78, 5) is 30.5. The highest BCUT2D eigenvalue weighted by Gasteiger charge is 2.34. The molecule has 1 fully saturated rings. The van der Waals surface area contributed by atoms with Gasteiger partial charge in [0, 0.05) is 24.5 Å². The normalized spacial score (nSPS) is 16.1. The summed E-state index contributed by atoms with van der Waals surface area (Å²) in [5, 5.41) is 2.91. The maximum Gasteiger partial charge on any atom is 0.451 e. The molecule has 8 nitrogen and oxygen atoms in total. The molecule has 0 aliphatic carbocycles. The van der Waals surface area contributed by atoms with Gasteiger partial charge in [-0.1, -0.05) is 12.1 Å². The van der Waals surface area contributed by atoms with E-state index >= 15 is 0 Å². The Balaban J connectivity index is 1.44. The molecule has 0 spiro atoms. The molecule has 0 bridgehead atoms. The zero-order valence-electron chi connectivity index (χ0n) is 21.0. The van der Waals surface area contributed by atoms with Crippen LogP contribution in [0.4, 0.5) is 17.6 Å². The Morgan fingerprint density at radius 2 is 1.87 bits per heavy atom. The predicted molar refractivity (Wildman–Crippen MR) is 130 cm³/mol. The zero-order valence-corrected chi connectivity index (χ0v) is 21.0. The van der Waals surface area contributed by atoms with Crippen molar-refractivity contribution in [1.82, 2.24) is 30.2 Å². The van der Waals surface area contributed by atoms with Crippen molar-refractivity contribution in [3.8, 4) is 17.3 Å². The SMILES string of the molecule is CC(C)Oc1nc(CNC(=O)[C@@H]2CCCN2CCc2ccc(F)cc2)cc(-c2cnc(C(F)(F)F)nc2)n1. The van der Waals surface area contributed by atoms with E-state index in [1.165, 1.54) is 12.1 Å². The molecule has 38 heavy (non-hydrogen) atoms. The lowest BCUT2D eigenvalue weighted by molar-refractivity contribution is -0.145. The number of nitrogens with zero attached hydrogens (tertiary/aromatic N) is 5. The Bertz CT molecular complexity index is 1240. The summed E-state index contributed by atoms with van der Waals surface area (Å²) < 4.78 is 57.3. The Morgan fingerprint density at radius 3 is 2.53 bits per heavy atom. The molecule has 1 amide bonds. The molecule has 1 N–H and O–H groups in total. The van der Waals surface area contributed by atoms with Gasteiger partial charge >= 0.3 is 12.2 Å². The smallest absolute Gasteiger partial charge is 0.451 e. The second-order valence-electron chi connectivity index (χ2n) is 9.28. The van der Waals surface area contributed by atoms with Crippen molar-refractivity contribution in [3.63, 3.8) is 0 Å². The van der Waals surface area contributed by atoms with E-state index in [-0.39, 0.29) is 47.7 Å². The lowest BCUT2D eigenvalue weighted by atomic mass is 10.1. The van der Waals surface area contributed by atoms with E-state index in [9.17, 15) is 22.4 Å². The molecule has 0 unspecified atom stereocenters. The molecule has 4 rings (SSSR count). The molecule has 3 aromatic rings. The number of benzene rings is 1. The average molecular weight is 533 g/mol. The van der Waals surface area contributed by atoms with Gasteiger partial charge < -0.3 is 10.1 Å². The number of amides is 1. The van der Waals surface area contributed by atoms with Crippen LogP contribution in [0.1, 0.15) is 43.8 Å². The summed E-state index contributed by atoms with van der Waals surface area (Å²) in [6, 6.07) is 7.62. The molecule has 0 saturated carbocycles. The Hall–Kier alpha value is -3.67. The van der Waals surface area contributed by atoms with E-state index in [0.29, 0.717) is 18.7 Å². The first-order chi connectivity index (χ1) is 18.1. The minimum absolute atomic E-state index is 0.0310. The molecule has 1 atom stereocenters. The molecular weight excluding hydrogens is 504 g/mol. The first-order valence-electron chi connectivity index (χ1n) is 12.3. The second-order valence-corrected chi connectivity index (χ2v) is 9.28. The number of hydrogen-bond acceptors (Lipinski definition) is 7. The van der Waals surface area contributed by atoms with Gasteiger partial charge in [0.05, 0.1) is 30.1 Å². The van der Waals surface area contributed by atoms with E-state index in [2.05, 4.69) is 30.2 Å². The maximum absolute atomic E-state index is 13.2. The van der Waals surface area contributed by atoms with Crippen molar-refractivity contribution >= 4 is 5.91 Å². The van der Waals surface area contributed by atoms with E-state index in [0.717, 1.165) is 37.3 Å². The van der Waals surface area contributed by atoms with Crippen LogP contribution in [0.3, 0.4) is 0 Å². The zero-order chi connectivity index (χ0) is 27.3. The van der Waals surface area contributed by atoms with Gasteiger partial charge in [0.2, 0.25) is 11.7 Å². The number of ether oxygens (including phenoxy) is 1. The lowest BCUT2D eigenvalue weighted by Crippen LogP contribution is -2.43. The van der Waals surface area contributed by atoms with Crippen LogP contribution < -0.4 is 10.1 Å². The third-order valence-electron chi connectivity index (χ3n) is 6.01. The number of carbonyl (C=O) groups excluding carboxylic acids is 1. The van der Waals surface area contributed by atoms with Crippen LogP contribution in [-0.4, -0.2) is 56.0 Å². The van der Waals surface area contributed by atoms with Gasteiger partial charge in [-0.3, -0.25) is 9.69 Å². The molecule has 0 radical (unpaired) electrons. The molecule has 202 valence electrons. The summed E-state index contributed by atoms with van der Waals surface area (Å²) in [5.41, 5.74) is 1.95. The molecular formula is C26H28F4N6O2. The third-order valence-corrected chi connectivity index (χ3v) is 6.01. The van der Waals surface area contributed by atoms with E-state index in [1.54, 1.807) is 32.0 Å². The van der Waals surface area contributed by atoms with Crippen LogP contribution >= 0.6 is 0 Å². The van der Waals surface area contributed by atoms with Gasteiger partial charge in [-0.25, -0.2) is 14.4 Å². The Morgan fingerprint density at radius 1 is 1.16 bits per heavy atom. The topological polar surface area (TPSA) is 93.1 Å². The summed E-state index contributed by atoms with van der Waals surface area (Å²) in [5.74, 6) is -1.68. The van der Waals surface area contributed by atoms with E-state index < -0.39 is 12.0 Å². The predicted octanol–water partition coefficient (Wildman–Crippen LogP) is 4.20. The molecule has 1 aliphatic rings. The molecule has 1 aliphatic heterocycles. The van der Waals surface area contributed by atoms with Crippen LogP contribution in [0.15, 0.2) is 42.7 Å². The van der Waals surface area contributed by atoms with Gasteiger partial charge in [-0.2, -0.15) is 23.1 Å². The fourth-order valence-electron chi connectivity index (χ4n) is 4.19. The quantitative estimate of drug-likeness (QED) is 0.413. The molecule has 1 saturated heterocycles. The van der Waals surface area contributed by atoms with Gasteiger partial charge in [0.15, 0.2) is 0 Å². The molecule has 12 heteroatoms. The fourth-order valence-corrected chi connectivity index (χ4v) is 4.19. The molecule has 3 heterocycles. The Labute approximate surface area is 217 Å². The number of nitrogens with one attached hydrogen (secondary N) is 1. The van der Waals surface area contributed by atoms with Crippen LogP contribution in [0.25, 0.3) is 11.3 Å². The van der Waals surface area contributed by atoms with Gasteiger partial charge in [0.1, 0.15) is 5.82 Å². The summed E-state index contributed by atoms with van der Waals surface area (Å²) in [7, 11) is 0. The average Bonchev–Trinajstić information content (AvgIpc) is 3.35. The summed E-state index contributed by atoms with van der Waals surface area (Å²) in [6.45, 7) is 5.12. The molecule has 1 aromatic carbocycles. The van der Waals surface area contributed by atoms with Gasteiger partial charge in [0.25, 0.3) is 0 Å². The minimum Gasteiger partial charge on any atom is -0.461 e. The number of rotatable bonds is 9. The number of alkyl halides is 3. The monoisotopic (exact) mass is 532 g/mol. The van der Waals surface area contributed by atoms with Gasteiger partial charge in [-0.15, -0.1) is 0 Å². The van der Waals surface area contributed by atoms with Crippen LogP contribution in [-0.2, 0) is 23.9 Å². The third kappa shape index (κ3) is 7.21. The van der Waals surface area contributed by atoms with Crippen molar-refractivity contribution in [1.29, 1.82) is 0 Å². The fraction of sp³-hybridized carbons (Fsp3) is 0.423. The van der Waals surface area contributed by atoms with E-state index in [1.807, 2.05) is 0 Å². The maximum atomic E-state index is 13.2. The van der Waals surface area contributed by atoms with Crippen molar-refractivity contribution in [2.24, 2.45) is 0 Å².